The van der Waals surface area contributed by atoms with Crippen molar-refractivity contribution in [3.8, 4) is 11.1 Å². The monoisotopic (exact) mass is 1030 g/mol. The largest absolute Gasteiger partial charge is 0.455 e. The standard InChI is InChI=1S/C72H83BN2OS/c1-40-31-46-60-55(22-20-43-44-35-50-53(38-58(44)76-63(43)60)71(15,16)29-26-68(50,9)10)75(42-19-21-47-49(34-42)67(7,8)24-23-65(47,3)4)73-61(46)57(32-40)74(56-37-52-48(33-41(56)2)66(5,6)25-28-70(52,13)14)64-62(73)45-36-51-54(39-59(45)77-64)72(17,18)30-27-69(51,11)12/h19-22,31-39H,23-30H2,1-18H3. The van der Waals surface area contributed by atoms with Crippen molar-refractivity contribution in [2.24, 2.45) is 0 Å². The van der Waals surface area contributed by atoms with Crippen molar-refractivity contribution in [1.29, 1.82) is 0 Å². The molecule has 0 radical (unpaired) electrons. The van der Waals surface area contributed by atoms with Crippen molar-refractivity contribution in [3.63, 3.8) is 0 Å². The molecule has 396 valence electrons. The highest BCUT2D eigenvalue weighted by Crippen LogP contribution is 2.58. The third-order valence-corrected chi connectivity index (χ3v) is 23.0. The van der Waals surface area contributed by atoms with Crippen LogP contribution in [-0.2, 0) is 43.3 Å². The van der Waals surface area contributed by atoms with Crippen LogP contribution < -0.4 is 20.6 Å². The number of anilines is 5. The molecule has 6 aliphatic rings. The van der Waals surface area contributed by atoms with Gasteiger partial charge in [-0.25, -0.2) is 0 Å². The molecule has 0 fully saturated rings. The number of hydrogen-bond donors (Lipinski definition) is 0. The minimum atomic E-state index is -0.104. The van der Waals surface area contributed by atoms with Crippen LogP contribution in [0.15, 0.2) is 83.3 Å². The van der Waals surface area contributed by atoms with Gasteiger partial charge in [-0.1, -0.05) is 129 Å². The highest BCUT2D eigenvalue weighted by Gasteiger charge is 2.51. The Morgan fingerprint density at radius 2 is 0.922 bits per heavy atom. The molecule has 0 atom stereocenters. The van der Waals surface area contributed by atoms with E-state index in [1.807, 2.05) is 11.3 Å². The molecule has 6 aromatic carbocycles. The maximum atomic E-state index is 7.56. The van der Waals surface area contributed by atoms with Crippen LogP contribution in [0.5, 0.6) is 0 Å². The molecule has 4 aliphatic carbocycles. The minimum Gasteiger partial charge on any atom is -0.455 e. The summed E-state index contributed by atoms with van der Waals surface area (Å²) in [5, 5.41) is 5.21. The van der Waals surface area contributed by atoms with Crippen LogP contribution in [-0.4, -0.2) is 6.85 Å². The molecule has 14 rings (SSSR count). The molecule has 0 N–H and O–H groups in total. The zero-order valence-corrected chi connectivity index (χ0v) is 50.8. The second kappa shape index (κ2) is 15.3. The van der Waals surface area contributed by atoms with E-state index in [-0.39, 0.29) is 50.2 Å². The molecule has 8 aromatic rings. The number of nitrogens with zero attached hydrogens (tertiary/aromatic N) is 2. The van der Waals surface area contributed by atoms with Gasteiger partial charge in [-0.15, -0.1) is 11.3 Å². The molecule has 5 heteroatoms. The number of furan rings is 1. The first-order valence-electron chi connectivity index (χ1n) is 29.6. The number of thiophene rings is 1. The second-order valence-electron chi connectivity index (χ2n) is 30.9. The van der Waals surface area contributed by atoms with E-state index in [0.717, 1.165) is 11.2 Å². The summed E-state index contributed by atoms with van der Waals surface area (Å²) in [6.45, 7) is 44.3. The summed E-state index contributed by atoms with van der Waals surface area (Å²) in [5.74, 6) is 0. The molecule has 0 unspecified atom stereocenters. The first-order chi connectivity index (χ1) is 35.9. The van der Waals surface area contributed by atoms with Gasteiger partial charge in [0.1, 0.15) is 11.2 Å². The fourth-order valence-corrected chi connectivity index (χ4v) is 17.5. The predicted molar refractivity (Wildman–Crippen MR) is 333 cm³/mol. The first-order valence-corrected chi connectivity index (χ1v) is 30.4. The number of hydrogen-bond acceptors (Lipinski definition) is 4. The van der Waals surface area contributed by atoms with Gasteiger partial charge in [-0.05, 0) is 247 Å². The maximum Gasteiger partial charge on any atom is 0.334 e. The van der Waals surface area contributed by atoms with Gasteiger partial charge in [-0.2, -0.15) is 0 Å². The van der Waals surface area contributed by atoms with E-state index in [1.54, 1.807) is 0 Å². The number of fused-ring (bicyclic) bond motifs is 14. The Hall–Kier alpha value is -5.26. The van der Waals surface area contributed by atoms with Gasteiger partial charge in [0.15, 0.2) is 0 Å². The minimum absolute atomic E-state index is 0.0381. The maximum absolute atomic E-state index is 7.56. The Morgan fingerprint density at radius 3 is 1.51 bits per heavy atom. The molecule has 0 amide bonds. The third-order valence-electron chi connectivity index (χ3n) is 21.9. The zero-order chi connectivity index (χ0) is 54.4. The Balaban J connectivity index is 1.14. The molecule has 4 heterocycles. The van der Waals surface area contributed by atoms with E-state index in [2.05, 4.69) is 213 Å². The number of aryl methyl sites for hydroxylation is 2. The van der Waals surface area contributed by atoms with Crippen molar-refractivity contribution in [2.75, 3.05) is 9.71 Å². The lowest BCUT2D eigenvalue weighted by atomic mass is 9.43. The number of benzene rings is 6. The highest BCUT2D eigenvalue weighted by molar-refractivity contribution is 7.26. The molecule has 2 aliphatic heterocycles. The second-order valence-corrected chi connectivity index (χ2v) is 31.9. The van der Waals surface area contributed by atoms with E-state index in [4.69, 9.17) is 4.42 Å². The van der Waals surface area contributed by atoms with Crippen LogP contribution in [0.3, 0.4) is 0 Å². The average Bonchev–Trinajstić information content (AvgIpc) is 4.19. The summed E-state index contributed by atoms with van der Waals surface area (Å²) in [5.41, 5.74) is 27.6. The summed E-state index contributed by atoms with van der Waals surface area (Å²) < 4.78 is 8.96. The van der Waals surface area contributed by atoms with Crippen molar-refractivity contribution in [2.45, 2.75) is 219 Å². The molecule has 0 saturated carbocycles. The van der Waals surface area contributed by atoms with Crippen LogP contribution in [0.25, 0.3) is 43.2 Å². The van der Waals surface area contributed by atoms with Crippen LogP contribution >= 0.6 is 11.3 Å². The van der Waals surface area contributed by atoms with E-state index in [9.17, 15) is 0 Å². The van der Waals surface area contributed by atoms with Crippen LogP contribution in [0.1, 0.15) is 218 Å². The topological polar surface area (TPSA) is 19.6 Å². The van der Waals surface area contributed by atoms with Crippen molar-refractivity contribution in [3.05, 3.63) is 134 Å². The summed E-state index contributed by atoms with van der Waals surface area (Å²) in [6.07, 6.45) is 9.44. The third kappa shape index (κ3) is 6.86. The van der Waals surface area contributed by atoms with Gasteiger partial charge in [-0.3, -0.25) is 0 Å². The Kier molecular flexibility index (Phi) is 9.97. The van der Waals surface area contributed by atoms with Crippen molar-refractivity contribution >= 4 is 88.9 Å². The Morgan fingerprint density at radius 1 is 0.429 bits per heavy atom. The smallest absolute Gasteiger partial charge is 0.334 e. The number of rotatable bonds is 2. The Bertz CT molecular complexity index is 3940. The molecular weight excluding hydrogens is 952 g/mol. The molecular formula is C72H83BN2OS. The quantitative estimate of drug-likeness (QED) is 0.161. The van der Waals surface area contributed by atoms with E-state index in [0.29, 0.717) is 0 Å². The van der Waals surface area contributed by atoms with E-state index in [1.165, 1.54) is 178 Å². The van der Waals surface area contributed by atoms with Crippen molar-refractivity contribution < 1.29 is 4.42 Å². The van der Waals surface area contributed by atoms with Gasteiger partial charge in [0.2, 0.25) is 0 Å². The highest BCUT2D eigenvalue weighted by atomic mass is 32.1. The summed E-state index contributed by atoms with van der Waals surface area (Å²) >= 11 is 2.04. The molecule has 3 nitrogen and oxygen atoms in total. The lowest BCUT2D eigenvalue weighted by Gasteiger charge is -2.47. The first kappa shape index (κ1) is 50.0. The van der Waals surface area contributed by atoms with Crippen LogP contribution in [0.2, 0.25) is 0 Å². The SMILES string of the molecule is Cc1cc2c3c(c1)N(c1cc4c(cc1C)C(C)(C)CCC4(C)C)c1sc4cc5c(cc4c1B3N(c1ccc3c(c1)C(C)(C)CCC3(C)C)c1ccc3c(oc4cc6c(cc43)C(C)(C)CCC6(C)C)c1-2)C(C)(C)CCC5(C)C. The van der Waals surface area contributed by atoms with Gasteiger partial charge >= 0.3 is 6.85 Å². The average molecular weight is 1040 g/mol. The van der Waals surface area contributed by atoms with Crippen molar-refractivity contribution in [1.82, 2.24) is 0 Å². The van der Waals surface area contributed by atoms with E-state index < -0.39 is 0 Å². The summed E-state index contributed by atoms with van der Waals surface area (Å²) in [6, 6.07) is 33.2. The fraction of sp³-hybridized carbons (Fsp3) is 0.472. The van der Waals surface area contributed by atoms with Crippen LogP contribution in [0.4, 0.5) is 27.8 Å². The van der Waals surface area contributed by atoms with Crippen LogP contribution in [0, 0.1) is 13.8 Å². The fourth-order valence-electron chi connectivity index (χ4n) is 16.3. The molecule has 0 bridgehead atoms. The van der Waals surface area contributed by atoms with E-state index >= 15 is 0 Å². The molecule has 77 heavy (non-hydrogen) atoms. The molecule has 0 spiro atoms. The molecule has 0 saturated heterocycles. The normalized spacial score (nSPS) is 22.0. The summed E-state index contributed by atoms with van der Waals surface area (Å²) in [7, 11) is 0. The predicted octanol–water partition coefficient (Wildman–Crippen LogP) is 19.5. The lowest BCUT2D eigenvalue weighted by molar-refractivity contribution is 0.332. The lowest BCUT2D eigenvalue weighted by Crippen LogP contribution is -2.61. The van der Waals surface area contributed by atoms with Gasteiger partial charge in [0.05, 0.1) is 10.7 Å². The van der Waals surface area contributed by atoms with Gasteiger partial charge in [0, 0.05) is 38.1 Å². The van der Waals surface area contributed by atoms with Gasteiger partial charge < -0.3 is 14.1 Å². The summed E-state index contributed by atoms with van der Waals surface area (Å²) in [4.78, 5) is 5.57. The zero-order valence-electron chi connectivity index (χ0n) is 50.0. The van der Waals surface area contributed by atoms with Gasteiger partial charge in [0.25, 0.3) is 0 Å². The Labute approximate surface area is 465 Å². The molecule has 2 aromatic heterocycles.